The molecule has 4 rings (SSSR count). The minimum atomic E-state index is -0.198. The highest BCUT2D eigenvalue weighted by Crippen LogP contribution is 2.27. The summed E-state index contributed by atoms with van der Waals surface area (Å²) in [4.78, 5) is 19.7. The maximum absolute atomic E-state index is 12.9. The van der Waals surface area contributed by atoms with Crippen molar-refractivity contribution in [3.63, 3.8) is 0 Å². The molecule has 3 heterocycles. The molecule has 1 aromatic carbocycles. The maximum atomic E-state index is 12.9. The summed E-state index contributed by atoms with van der Waals surface area (Å²) in [6.45, 7) is 6.78. The van der Waals surface area contributed by atoms with Gasteiger partial charge in [-0.25, -0.2) is 4.98 Å². The summed E-state index contributed by atoms with van der Waals surface area (Å²) < 4.78 is 3.41. The third kappa shape index (κ3) is 3.38. The highest BCUT2D eigenvalue weighted by Gasteiger charge is 2.24. The van der Waals surface area contributed by atoms with Crippen molar-refractivity contribution >= 4 is 17.0 Å². The predicted molar refractivity (Wildman–Crippen MR) is 119 cm³/mol. The van der Waals surface area contributed by atoms with E-state index in [4.69, 9.17) is 4.98 Å². The van der Waals surface area contributed by atoms with Crippen LogP contribution in [0.5, 0.6) is 0 Å². The second-order valence-electron chi connectivity index (χ2n) is 8.69. The topological polar surface area (TPSA) is 84.6 Å². The van der Waals surface area contributed by atoms with Crippen molar-refractivity contribution in [1.82, 2.24) is 29.5 Å². The van der Waals surface area contributed by atoms with E-state index in [9.17, 15) is 4.79 Å². The van der Waals surface area contributed by atoms with Crippen molar-refractivity contribution in [2.45, 2.75) is 32.7 Å². The van der Waals surface area contributed by atoms with E-state index in [0.717, 1.165) is 22.6 Å². The minimum Gasteiger partial charge on any atom is -0.339 e. The molecule has 0 bridgehead atoms. The lowest BCUT2D eigenvalue weighted by Crippen LogP contribution is -2.29. The summed E-state index contributed by atoms with van der Waals surface area (Å²) in [5.41, 5.74) is 4.50. The van der Waals surface area contributed by atoms with Gasteiger partial charge in [0.25, 0.3) is 5.56 Å². The molecule has 0 aliphatic rings. The van der Waals surface area contributed by atoms with Gasteiger partial charge >= 0.3 is 0 Å². The number of nitrogens with zero attached hydrogens (tertiary/aromatic N) is 6. The summed E-state index contributed by atoms with van der Waals surface area (Å²) >= 11 is 0. The largest absolute Gasteiger partial charge is 0.339 e. The van der Waals surface area contributed by atoms with Gasteiger partial charge in [0.05, 0.1) is 23.6 Å². The van der Waals surface area contributed by atoms with Crippen LogP contribution in [0.4, 0.5) is 5.95 Å². The Morgan fingerprint density at radius 3 is 2.47 bits per heavy atom. The fraction of sp³-hybridized carbons (Fsp3) is 0.364. The Labute approximate surface area is 175 Å². The zero-order valence-corrected chi connectivity index (χ0v) is 18.3. The zero-order chi connectivity index (χ0) is 21.6. The fourth-order valence-electron chi connectivity index (χ4n) is 3.60. The Balaban J connectivity index is 1.72. The van der Waals surface area contributed by atoms with Crippen LogP contribution in [0.1, 0.15) is 32.2 Å². The van der Waals surface area contributed by atoms with Gasteiger partial charge in [-0.05, 0) is 6.07 Å². The summed E-state index contributed by atoms with van der Waals surface area (Å²) in [6, 6.07) is 12.2. The van der Waals surface area contributed by atoms with Gasteiger partial charge in [-0.15, -0.1) is 0 Å². The number of aryl methyl sites for hydroxylation is 1. The molecule has 4 aromatic rings. The number of nitrogens with one attached hydrogen (secondary N) is 1. The van der Waals surface area contributed by atoms with Crippen LogP contribution in [0.15, 0.2) is 41.2 Å². The first-order valence-electron chi connectivity index (χ1n) is 9.92. The molecule has 0 saturated heterocycles. The van der Waals surface area contributed by atoms with Crippen LogP contribution in [0.2, 0.25) is 0 Å². The van der Waals surface area contributed by atoms with Crippen molar-refractivity contribution < 1.29 is 0 Å². The summed E-state index contributed by atoms with van der Waals surface area (Å²) in [5, 5.41) is 11.9. The molecule has 0 unspecified atom stereocenters. The first kappa shape index (κ1) is 19.9. The third-order valence-corrected chi connectivity index (χ3v) is 5.30. The number of fused-ring (bicyclic) bond motifs is 1. The SMILES string of the molecule is CN(Cc1cc(-c2ccccc2)nn1C)c1nc2c(C(C)(C)C)[nH]nc2c(=O)n1C. The molecule has 0 aliphatic heterocycles. The monoisotopic (exact) mass is 405 g/mol. The van der Waals surface area contributed by atoms with E-state index < -0.39 is 0 Å². The van der Waals surface area contributed by atoms with Gasteiger partial charge in [-0.1, -0.05) is 51.1 Å². The van der Waals surface area contributed by atoms with Gasteiger partial charge in [0.15, 0.2) is 5.52 Å². The van der Waals surface area contributed by atoms with Gasteiger partial charge in [0, 0.05) is 32.1 Å². The van der Waals surface area contributed by atoms with E-state index in [2.05, 4.69) is 42.1 Å². The Kier molecular flexibility index (Phi) is 4.72. The number of rotatable bonds is 4. The predicted octanol–water partition coefficient (Wildman–Crippen LogP) is 2.99. The van der Waals surface area contributed by atoms with E-state index in [-0.39, 0.29) is 11.0 Å². The number of aromatic amines is 1. The lowest BCUT2D eigenvalue weighted by Gasteiger charge is -2.21. The Morgan fingerprint density at radius 1 is 1.10 bits per heavy atom. The Hall–Kier alpha value is -3.42. The first-order chi connectivity index (χ1) is 14.2. The van der Waals surface area contributed by atoms with Crippen LogP contribution in [-0.2, 0) is 26.1 Å². The highest BCUT2D eigenvalue weighted by molar-refractivity contribution is 5.78. The fourth-order valence-corrected chi connectivity index (χ4v) is 3.60. The van der Waals surface area contributed by atoms with Crippen molar-refractivity contribution in [1.29, 1.82) is 0 Å². The molecule has 8 nitrogen and oxygen atoms in total. The van der Waals surface area contributed by atoms with Gasteiger partial charge in [0.1, 0.15) is 5.52 Å². The molecule has 0 atom stereocenters. The summed E-state index contributed by atoms with van der Waals surface area (Å²) in [6.07, 6.45) is 0. The van der Waals surface area contributed by atoms with Crippen molar-refractivity contribution in [3.05, 3.63) is 58.1 Å². The van der Waals surface area contributed by atoms with Crippen LogP contribution in [0.25, 0.3) is 22.3 Å². The van der Waals surface area contributed by atoms with Crippen molar-refractivity contribution in [3.8, 4) is 11.3 Å². The molecular formula is C22H27N7O. The van der Waals surface area contributed by atoms with Crippen LogP contribution in [0, 0.1) is 0 Å². The number of hydrogen-bond donors (Lipinski definition) is 1. The van der Waals surface area contributed by atoms with E-state index in [0.29, 0.717) is 23.5 Å². The van der Waals surface area contributed by atoms with Crippen LogP contribution >= 0.6 is 0 Å². The van der Waals surface area contributed by atoms with E-state index >= 15 is 0 Å². The number of anilines is 1. The van der Waals surface area contributed by atoms with Gasteiger partial charge < -0.3 is 4.90 Å². The Bertz CT molecular complexity index is 1260. The molecule has 0 spiro atoms. The number of H-pyrrole nitrogens is 1. The maximum Gasteiger partial charge on any atom is 0.283 e. The number of benzene rings is 1. The average molecular weight is 406 g/mol. The van der Waals surface area contributed by atoms with Crippen molar-refractivity contribution in [2.24, 2.45) is 14.1 Å². The van der Waals surface area contributed by atoms with Gasteiger partial charge in [-0.3, -0.25) is 19.1 Å². The second-order valence-corrected chi connectivity index (χ2v) is 8.69. The summed E-state index contributed by atoms with van der Waals surface area (Å²) in [7, 11) is 5.59. The molecule has 1 N–H and O–H groups in total. The molecule has 0 amide bonds. The Morgan fingerprint density at radius 2 is 1.80 bits per heavy atom. The van der Waals surface area contributed by atoms with E-state index in [1.807, 2.05) is 54.0 Å². The lowest BCUT2D eigenvalue weighted by atomic mass is 9.91. The summed E-state index contributed by atoms with van der Waals surface area (Å²) in [5.74, 6) is 0.585. The molecular weight excluding hydrogens is 378 g/mol. The average Bonchev–Trinajstić information content (AvgIpc) is 3.29. The minimum absolute atomic E-state index is 0.163. The lowest BCUT2D eigenvalue weighted by molar-refractivity contribution is 0.570. The molecule has 0 aliphatic carbocycles. The number of hydrogen-bond acceptors (Lipinski definition) is 5. The first-order valence-corrected chi connectivity index (χ1v) is 9.92. The standard InChI is InChI=1S/C22H27N7O/c1-22(2,3)19-17-18(24-25-19)20(30)28(5)21(23-17)27(4)13-15-12-16(26-29(15)6)14-10-8-7-9-11-14/h7-12H,13H2,1-6H3,(H,24,25). The van der Waals surface area contributed by atoms with Gasteiger partial charge in [0.2, 0.25) is 5.95 Å². The molecule has 156 valence electrons. The molecule has 0 saturated carbocycles. The van der Waals surface area contributed by atoms with Crippen molar-refractivity contribution in [2.75, 3.05) is 11.9 Å². The zero-order valence-electron chi connectivity index (χ0n) is 18.3. The normalized spacial score (nSPS) is 11.9. The molecule has 8 heteroatoms. The van der Waals surface area contributed by atoms with Crippen LogP contribution in [0.3, 0.4) is 0 Å². The molecule has 30 heavy (non-hydrogen) atoms. The quantitative estimate of drug-likeness (QED) is 0.564. The third-order valence-electron chi connectivity index (χ3n) is 5.30. The molecule has 0 fully saturated rings. The molecule has 0 radical (unpaired) electrons. The van der Waals surface area contributed by atoms with E-state index in [1.165, 1.54) is 0 Å². The van der Waals surface area contributed by atoms with Crippen LogP contribution < -0.4 is 10.5 Å². The van der Waals surface area contributed by atoms with Crippen LogP contribution in [-0.4, -0.2) is 36.6 Å². The smallest absolute Gasteiger partial charge is 0.283 e. The second kappa shape index (κ2) is 7.12. The van der Waals surface area contributed by atoms with E-state index in [1.54, 1.807) is 11.6 Å². The van der Waals surface area contributed by atoms with Gasteiger partial charge in [-0.2, -0.15) is 10.2 Å². The molecule has 3 aromatic heterocycles. The highest BCUT2D eigenvalue weighted by atomic mass is 16.1. The number of aromatic nitrogens is 6.